The van der Waals surface area contributed by atoms with Crippen molar-refractivity contribution in [2.45, 2.75) is 26.4 Å². The second kappa shape index (κ2) is 6.12. The summed E-state index contributed by atoms with van der Waals surface area (Å²) in [5.41, 5.74) is 2.37. The third-order valence-corrected chi connectivity index (χ3v) is 3.21. The number of nitrogens with one attached hydrogen (secondary N) is 1. The number of carboxylic acids is 1. The normalized spacial score (nSPS) is 11.9. The third kappa shape index (κ3) is 3.41. The highest BCUT2D eigenvalue weighted by molar-refractivity contribution is 5.84. The van der Waals surface area contributed by atoms with Gasteiger partial charge in [0.25, 0.3) is 0 Å². The van der Waals surface area contributed by atoms with Crippen molar-refractivity contribution in [2.75, 3.05) is 0 Å². The topological polar surface area (TPSA) is 110 Å². The SMILES string of the molecule is Cc1cccc(C(NC(=O)Cn2cnnn2)C(=O)O)c1C. The summed E-state index contributed by atoms with van der Waals surface area (Å²) in [5.74, 6) is -1.59. The summed E-state index contributed by atoms with van der Waals surface area (Å²) in [6.07, 6.45) is 1.28. The Kier molecular flexibility index (Phi) is 4.27. The van der Waals surface area contributed by atoms with Gasteiger partial charge in [-0.3, -0.25) is 4.79 Å². The van der Waals surface area contributed by atoms with E-state index in [2.05, 4.69) is 20.8 Å². The lowest BCUT2D eigenvalue weighted by Crippen LogP contribution is -2.36. The summed E-state index contributed by atoms with van der Waals surface area (Å²) in [6.45, 7) is 3.58. The van der Waals surface area contributed by atoms with Crippen LogP contribution in [0.5, 0.6) is 0 Å². The number of carbonyl (C=O) groups is 2. The molecule has 0 bridgehead atoms. The highest BCUT2D eigenvalue weighted by Crippen LogP contribution is 2.20. The highest BCUT2D eigenvalue weighted by atomic mass is 16.4. The van der Waals surface area contributed by atoms with Gasteiger partial charge >= 0.3 is 5.97 Å². The van der Waals surface area contributed by atoms with Crippen LogP contribution in [0, 0.1) is 13.8 Å². The Bertz CT molecular complexity index is 654. The first kappa shape index (κ1) is 14.6. The van der Waals surface area contributed by atoms with Crippen LogP contribution in [0.1, 0.15) is 22.7 Å². The minimum atomic E-state index is -1.12. The molecule has 2 rings (SSSR count). The predicted octanol–water partition coefficient (Wildman–Crippen LogP) is 0.232. The average molecular weight is 289 g/mol. The van der Waals surface area contributed by atoms with Gasteiger partial charge in [-0.1, -0.05) is 18.2 Å². The largest absolute Gasteiger partial charge is 0.479 e. The van der Waals surface area contributed by atoms with Gasteiger partial charge in [-0.25, -0.2) is 9.48 Å². The number of rotatable bonds is 5. The van der Waals surface area contributed by atoms with Gasteiger partial charge in [0.1, 0.15) is 12.9 Å². The van der Waals surface area contributed by atoms with Gasteiger partial charge < -0.3 is 10.4 Å². The van der Waals surface area contributed by atoms with Crippen LogP contribution < -0.4 is 5.32 Å². The Hall–Kier alpha value is -2.77. The maximum atomic E-state index is 11.9. The standard InChI is InChI=1S/C13H15N5O3/c1-8-4-3-5-10(9(8)2)12(13(20)21)15-11(19)6-18-7-14-16-17-18/h3-5,7,12H,6H2,1-2H3,(H,15,19)(H,20,21). The monoisotopic (exact) mass is 289 g/mol. The number of hydrogen-bond donors (Lipinski definition) is 2. The maximum absolute atomic E-state index is 11.9. The zero-order valence-corrected chi connectivity index (χ0v) is 11.6. The zero-order chi connectivity index (χ0) is 15.4. The first-order valence-corrected chi connectivity index (χ1v) is 6.28. The molecule has 21 heavy (non-hydrogen) atoms. The van der Waals surface area contributed by atoms with Crippen LogP contribution >= 0.6 is 0 Å². The molecule has 0 fully saturated rings. The molecule has 1 aromatic heterocycles. The molecular formula is C13H15N5O3. The van der Waals surface area contributed by atoms with E-state index in [1.807, 2.05) is 19.9 Å². The number of aromatic nitrogens is 4. The lowest BCUT2D eigenvalue weighted by molar-refractivity contribution is -0.142. The van der Waals surface area contributed by atoms with E-state index in [-0.39, 0.29) is 6.54 Å². The summed E-state index contributed by atoms with van der Waals surface area (Å²) in [5, 5.41) is 22.2. The number of amides is 1. The van der Waals surface area contributed by atoms with E-state index in [0.717, 1.165) is 11.1 Å². The second-order valence-electron chi connectivity index (χ2n) is 4.64. The Labute approximate surface area is 120 Å². The number of carbonyl (C=O) groups excluding carboxylic acids is 1. The van der Waals surface area contributed by atoms with E-state index in [9.17, 15) is 14.7 Å². The third-order valence-electron chi connectivity index (χ3n) is 3.21. The molecule has 8 nitrogen and oxygen atoms in total. The van der Waals surface area contributed by atoms with Crippen molar-refractivity contribution in [1.29, 1.82) is 0 Å². The van der Waals surface area contributed by atoms with E-state index < -0.39 is 17.9 Å². The molecule has 0 radical (unpaired) electrons. The van der Waals surface area contributed by atoms with Crippen LogP contribution in [0.25, 0.3) is 0 Å². The smallest absolute Gasteiger partial charge is 0.330 e. The maximum Gasteiger partial charge on any atom is 0.330 e. The van der Waals surface area contributed by atoms with Crippen LogP contribution in [0.3, 0.4) is 0 Å². The van der Waals surface area contributed by atoms with Crippen LogP contribution in [0.4, 0.5) is 0 Å². The Balaban J connectivity index is 2.18. The van der Waals surface area contributed by atoms with E-state index in [1.165, 1.54) is 11.0 Å². The average Bonchev–Trinajstić information content (AvgIpc) is 2.92. The molecule has 2 N–H and O–H groups in total. The lowest BCUT2D eigenvalue weighted by Gasteiger charge is -2.18. The van der Waals surface area contributed by atoms with Crippen LogP contribution in [0.2, 0.25) is 0 Å². The first-order valence-electron chi connectivity index (χ1n) is 6.28. The fraction of sp³-hybridized carbons (Fsp3) is 0.308. The molecule has 1 unspecified atom stereocenters. The van der Waals surface area contributed by atoms with Gasteiger partial charge in [0, 0.05) is 0 Å². The Morgan fingerprint density at radius 1 is 1.38 bits per heavy atom. The number of carboxylic acid groups (broad SMARTS) is 1. The molecule has 0 spiro atoms. The minimum Gasteiger partial charge on any atom is -0.479 e. The number of nitrogens with zero attached hydrogens (tertiary/aromatic N) is 4. The van der Waals surface area contributed by atoms with Crippen molar-refractivity contribution in [2.24, 2.45) is 0 Å². The summed E-state index contributed by atoms with van der Waals surface area (Å²) in [6, 6.07) is 4.24. The van der Waals surface area contributed by atoms with Gasteiger partial charge in [-0.2, -0.15) is 0 Å². The van der Waals surface area contributed by atoms with Crippen LogP contribution in [0.15, 0.2) is 24.5 Å². The molecule has 0 aliphatic heterocycles. The van der Waals surface area contributed by atoms with Gasteiger partial charge in [0.05, 0.1) is 0 Å². The summed E-state index contributed by atoms with van der Waals surface area (Å²) in [7, 11) is 0. The predicted molar refractivity (Wildman–Crippen MR) is 72.3 cm³/mol. The molecule has 2 aromatic rings. The summed E-state index contributed by atoms with van der Waals surface area (Å²) < 4.78 is 1.22. The fourth-order valence-corrected chi connectivity index (χ4v) is 1.97. The van der Waals surface area contributed by atoms with Gasteiger partial charge in [-0.05, 0) is 41.0 Å². The van der Waals surface area contributed by atoms with Crippen LogP contribution in [-0.2, 0) is 16.1 Å². The van der Waals surface area contributed by atoms with Crippen molar-refractivity contribution in [3.05, 3.63) is 41.2 Å². The van der Waals surface area contributed by atoms with Crippen molar-refractivity contribution >= 4 is 11.9 Å². The first-order chi connectivity index (χ1) is 9.99. The molecular weight excluding hydrogens is 274 g/mol. The zero-order valence-electron chi connectivity index (χ0n) is 11.6. The number of tetrazole rings is 1. The summed E-state index contributed by atoms with van der Waals surface area (Å²) >= 11 is 0. The van der Waals surface area contributed by atoms with Crippen molar-refractivity contribution in [3.8, 4) is 0 Å². The molecule has 1 atom stereocenters. The van der Waals surface area contributed by atoms with Crippen molar-refractivity contribution < 1.29 is 14.7 Å². The highest BCUT2D eigenvalue weighted by Gasteiger charge is 2.24. The molecule has 1 heterocycles. The number of aliphatic carboxylic acids is 1. The molecule has 0 aliphatic carbocycles. The quantitative estimate of drug-likeness (QED) is 0.815. The van der Waals surface area contributed by atoms with Crippen molar-refractivity contribution in [1.82, 2.24) is 25.5 Å². The molecule has 0 aliphatic rings. The van der Waals surface area contributed by atoms with Crippen molar-refractivity contribution in [3.63, 3.8) is 0 Å². The van der Waals surface area contributed by atoms with Gasteiger partial charge in [0.2, 0.25) is 5.91 Å². The second-order valence-corrected chi connectivity index (χ2v) is 4.64. The summed E-state index contributed by atoms with van der Waals surface area (Å²) in [4.78, 5) is 23.3. The van der Waals surface area contributed by atoms with Gasteiger partial charge in [-0.15, -0.1) is 5.10 Å². The molecule has 0 saturated carbocycles. The van der Waals surface area contributed by atoms with Gasteiger partial charge in [0.15, 0.2) is 6.04 Å². The number of benzene rings is 1. The Morgan fingerprint density at radius 2 is 2.14 bits per heavy atom. The molecule has 1 amide bonds. The molecule has 1 aromatic carbocycles. The lowest BCUT2D eigenvalue weighted by atomic mass is 9.97. The molecule has 0 saturated heterocycles. The molecule has 8 heteroatoms. The fourth-order valence-electron chi connectivity index (χ4n) is 1.97. The number of aryl methyl sites for hydroxylation is 1. The van der Waals surface area contributed by atoms with E-state index >= 15 is 0 Å². The van der Waals surface area contributed by atoms with Crippen LogP contribution in [-0.4, -0.2) is 37.2 Å². The van der Waals surface area contributed by atoms with E-state index in [1.54, 1.807) is 12.1 Å². The van der Waals surface area contributed by atoms with E-state index in [4.69, 9.17) is 0 Å². The molecule has 110 valence electrons. The van der Waals surface area contributed by atoms with E-state index in [0.29, 0.717) is 5.56 Å². The Morgan fingerprint density at radius 3 is 2.76 bits per heavy atom. The number of hydrogen-bond acceptors (Lipinski definition) is 5. The minimum absolute atomic E-state index is 0.137.